The van der Waals surface area contributed by atoms with Crippen molar-refractivity contribution in [2.75, 3.05) is 26.2 Å². The molecule has 27 heteroatoms. The van der Waals surface area contributed by atoms with E-state index in [-0.39, 0.29) is 49.8 Å². The van der Waals surface area contributed by atoms with Gasteiger partial charge in [-0.25, -0.2) is 9.78 Å². The summed E-state index contributed by atoms with van der Waals surface area (Å²) in [7, 11) is 0. The maximum atomic E-state index is 13.7. The number of carbonyl (C=O) groups excluding carboxylic acids is 9. The number of H-pyrrole nitrogens is 1. The second kappa shape index (κ2) is 31.3. The Labute approximate surface area is 422 Å². The Balaban J connectivity index is 2.04. The average Bonchev–Trinajstić information content (AvgIpc) is 3.85. The number of hydrogen-bond donors (Lipinski definition) is 16. The van der Waals surface area contributed by atoms with Gasteiger partial charge in [0.05, 0.1) is 38.2 Å². The normalized spacial score (nSPS) is 14.8. The number of imidazole rings is 1. The predicted molar refractivity (Wildman–Crippen MR) is 261 cm³/mol. The molecule has 9 atom stereocenters. The molecule has 9 amide bonds. The Kier molecular flexibility index (Phi) is 26.5. The molecule has 0 fully saturated rings. The van der Waals surface area contributed by atoms with Gasteiger partial charge >= 0.3 is 5.97 Å². The summed E-state index contributed by atoms with van der Waals surface area (Å²) in [6.45, 7) is 7.21. The molecule has 0 saturated carbocycles. The van der Waals surface area contributed by atoms with E-state index in [1.165, 1.54) is 38.5 Å². The molecule has 0 unspecified atom stereocenters. The highest BCUT2D eigenvalue weighted by molar-refractivity contribution is 5.97. The van der Waals surface area contributed by atoms with Crippen LogP contribution in [0.1, 0.15) is 78.5 Å². The summed E-state index contributed by atoms with van der Waals surface area (Å²) in [6.07, 6.45) is 1.81. The Morgan fingerprint density at radius 1 is 0.644 bits per heavy atom. The molecule has 0 aliphatic heterocycles. The lowest BCUT2D eigenvalue weighted by Gasteiger charge is -2.27. The van der Waals surface area contributed by atoms with Gasteiger partial charge in [-0.1, -0.05) is 39.8 Å². The van der Waals surface area contributed by atoms with Crippen molar-refractivity contribution in [3.8, 4) is 5.75 Å². The number of carboxylic acids is 1. The molecule has 27 nitrogen and oxygen atoms in total. The number of nitrogens with zero attached hydrogens (tertiary/aromatic N) is 1. The summed E-state index contributed by atoms with van der Waals surface area (Å²) in [4.78, 5) is 137. The molecule has 0 aliphatic rings. The van der Waals surface area contributed by atoms with Gasteiger partial charge in [0.1, 0.15) is 48.0 Å². The largest absolute Gasteiger partial charge is 0.508 e. The van der Waals surface area contributed by atoms with E-state index in [2.05, 4.69) is 57.8 Å². The first-order valence-corrected chi connectivity index (χ1v) is 23.8. The first kappa shape index (κ1) is 61.9. The number of carbonyl (C=O) groups is 10. The Bertz CT molecular complexity index is 2160. The van der Waals surface area contributed by atoms with Crippen LogP contribution in [-0.2, 0) is 60.8 Å². The third-order valence-corrected chi connectivity index (χ3v) is 11.1. The zero-order chi connectivity index (χ0) is 54.9. The molecule has 1 aromatic heterocycles. The first-order valence-electron chi connectivity index (χ1n) is 23.8. The molecule has 18 N–H and O–H groups in total. The van der Waals surface area contributed by atoms with Crippen molar-refractivity contribution < 1.29 is 68.4 Å². The number of aromatic nitrogens is 2. The first-order chi connectivity index (χ1) is 34.4. The second-order valence-electron chi connectivity index (χ2n) is 18.2. The van der Waals surface area contributed by atoms with Gasteiger partial charge in [-0.15, -0.1) is 0 Å². The number of unbranched alkanes of at least 4 members (excludes halogenated alkanes) is 1. The van der Waals surface area contributed by atoms with Gasteiger partial charge in [0.15, 0.2) is 0 Å². The highest BCUT2D eigenvalue weighted by atomic mass is 16.4. The summed E-state index contributed by atoms with van der Waals surface area (Å²) in [5, 5.41) is 61.1. The smallest absolute Gasteiger partial charge is 0.326 e. The van der Waals surface area contributed by atoms with Crippen LogP contribution in [0, 0.1) is 11.8 Å². The lowest BCUT2D eigenvalue weighted by atomic mass is 10.0. The van der Waals surface area contributed by atoms with Crippen LogP contribution in [0.2, 0.25) is 0 Å². The van der Waals surface area contributed by atoms with Crippen LogP contribution in [0.5, 0.6) is 5.75 Å². The number of aliphatic carboxylic acids is 1. The van der Waals surface area contributed by atoms with E-state index in [1.807, 2.05) is 0 Å². The maximum Gasteiger partial charge on any atom is 0.326 e. The number of hydrogen-bond acceptors (Lipinski definition) is 16. The van der Waals surface area contributed by atoms with Crippen molar-refractivity contribution in [1.29, 1.82) is 0 Å². The molecule has 0 spiro atoms. The van der Waals surface area contributed by atoms with E-state index in [4.69, 9.17) is 11.5 Å². The molecule has 0 saturated heterocycles. The quantitative estimate of drug-likeness (QED) is 0.0306. The number of aromatic amines is 1. The fraction of sp³-hybridized carbons (Fsp3) is 0.587. The van der Waals surface area contributed by atoms with Gasteiger partial charge in [0, 0.05) is 24.7 Å². The van der Waals surface area contributed by atoms with Crippen molar-refractivity contribution in [1.82, 2.24) is 57.8 Å². The number of nitrogens with one attached hydrogen (secondary N) is 10. The van der Waals surface area contributed by atoms with Crippen molar-refractivity contribution >= 4 is 59.1 Å². The standard InChI is InChI=1S/C46H73N13O14/c1-23(2)15-33(46(72)73)58-45(71)38(26(6)61)59-41(67)30(9-7-8-14-47)55-43(69)34(21-60)54-36(64)20-50-39(65)25(5)53-35(63)19-51-40(66)32(17-28-18-49-22-52-28)56-42(68)31(57-44(70)37(48)24(3)4)16-27-10-12-29(62)13-11-27/h10-13,18,22-26,30-34,37-38,60-62H,7-9,14-17,19-21,47-48H2,1-6H3,(H,49,52)(H,50,65)(H,51,66)(H,53,63)(H,54,64)(H,55,69)(H,56,68)(H,57,70)(H,58,71)(H,59,67)(H,72,73)/t25-,26+,30-,31-,32-,33-,34-,37-,38-/m0/s1. The number of rotatable bonds is 32. The molecule has 0 radical (unpaired) electrons. The predicted octanol–water partition coefficient (Wildman–Crippen LogP) is -4.84. The Hall–Kier alpha value is -7.23. The number of benzene rings is 1. The molecule has 1 aromatic carbocycles. The highest BCUT2D eigenvalue weighted by Gasteiger charge is 2.34. The van der Waals surface area contributed by atoms with Gasteiger partial charge in [-0.3, -0.25) is 43.2 Å². The highest BCUT2D eigenvalue weighted by Crippen LogP contribution is 2.13. The zero-order valence-corrected chi connectivity index (χ0v) is 41.9. The second-order valence-corrected chi connectivity index (χ2v) is 18.2. The van der Waals surface area contributed by atoms with Crippen molar-refractivity contribution in [3.05, 3.63) is 48.0 Å². The van der Waals surface area contributed by atoms with Gasteiger partial charge < -0.3 is 84.7 Å². The third kappa shape index (κ3) is 22.4. The molecular formula is C46H73N13O14. The Morgan fingerprint density at radius 2 is 1.19 bits per heavy atom. The SMILES string of the molecule is CC(C)C[C@H](NC(=O)[C@@H](NC(=O)[C@H](CCCCN)NC(=O)[C@H](CO)NC(=O)CNC(=O)[C@H](C)NC(=O)CNC(=O)[C@H](Cc1cnc[nH]1)NC(=O)[C@H](Cc1ccc(O)cc1)NC(=O)[C@@H](N)C(C)C)[C@@H](C)O)C(=O)O. The molecule has 2 rings (SSSR count). The van der Waals surface area contributed by atoms with Crippen LogP contribution in [0.4, 0.5) is 0 Å². The summed E-state index contributed by atoms with van der Waals surface area (Å²) >= 11 is 0. The van der Waals surface area contributed by atoms with Crippen LogP contribution in [0.3, 0.4) is 0 Å². The fourth-order valence-corrected chi connectivity index (χ4v) is 6.80. The number of aliphatic hydroxyl groups is 2. The number of aliphatic hydroxyl groups excluding tert-OH is 2. The van der Waals surface area contributed by atoms with Crippen molar-refractivity contribution in [2.24, 2.45) is 23.3 Å². The minimum Gasteiger partial charge on any atom is -0.508 e. The topological polar surface area (TPSA) is 441 Å². The monoisotopic (exact) mass is 1030 g/mol. The average molecular weight is 1030 g/mol. The molecular weight excluding hydrogens is 959 g/mol. The summed E-state index contributed by atoms with van der Waals surface area (Å²) in [6, 6.07) is -4.89. The fourth-order valence-electron chi connectivity index (χ4n) is 6.80. The zero-order valence-electron chi connectivity index (χ0n) is 41.9. The summed E-state index contributed by atoms with van der Waals surface area (Å²) in [5.74, 6) is -9.67. The number of phenolic OH excluding ortho intramolecular Hbond substituents is 1. The van der Waals surface area contributed by atoms with E-state index >= 15 is 0 Å². The van der Waals surface area contributed by atoms with E-state index in [0.29, 0.717) is 24.1 Å². The lowest BCUT2D eigenvalue weighted by molar-refractivity contribution is -0.143. The third-order valence-electron chi connectivity index (χ3n) is 11.1. The van der Waals surface area contributed by atoms with Crippen molar-refractivity contribution in [2.45, 2.75) is 135 Å². The van der Waals surface area contributed by atoms with E-state index < -0.39 is 133 Å². The van der Waals surface area contributed by atoms with Crippen LogP contribution >= 0.6 is 0 Å². The summed E-state index contributed by atoms with van der Waals surface area (Å²) < 4.78 is 0. The number of phenols is 1. The van der Waals surface area contributed by atoms with E-state index in [9.17, 15) is 68.4 Å². The van der Waals surface area contributed by atoms with Gasteiger partial charge in [-0.05, 0) is 75.6 Å². The number of aromatic hydroxyl groups is 1. The molecule has 2 aromatic rings. The van der Waals surface area contributed by atoms with Gasteiger partial charge in [0.25, 0.3) is 0 Å². The minimum absolute atomic E-state index is 0.0219. The van der Waals surface area contributed by atoms with Crippen LogP contribution in [0.25, 0.3) is 0 Å². The van der Waals surface area contributed by atoms with E-state index in [0.717, 1.165) is 0 Å². The number of amides is 9. The maximum absolute atomic E-state index is 13.7. The van der Waals surface area contributed by atoms with Crippen LogP contribution in [0.15, 0.2) is 36.8 Å². The lowest BCUT2D eigenvalue weighted by Crippen LogP contribution is -2.60. The van der Waals surface area contributed by atoms with E-state index in [1.54, 1.807) is 39.8 Å². The van der Waals surface area contributed by atoms with Crippen molar-refractivity contribution in [3.63, 3.8) is 0 Å². The van der Waals surface area contributed by atoms with Crippen LogP contribution in [-0.4, -0.2) is 170 Å². The van der Waals surface area contributed by atoms with Gasteiger partial charge in [-0.2, -0.15) is 0 Å². The molecule has 406 valence electrons. The number of carboxylic acid groups (broad SMARTS) is 1. The molecule has 0 aliphatic carbocycles. The molecule has 0 bridgehead atoms. The van der Waals surface area contributed by atoms with Gasteiger partial charge in [0.2, 0.25) is 53.2 Å². The molecule has 73 heavy (non-hydrogen) atoms. The van der Waals surface area contributed by atoms with Crippen LogP contribution < -0.4 is 59.3 Å². The minimum atomic E-state index is -1.66. The Morgan fingerprint density at radius 3 is 1.74 bits per heavy atom. The number of nitrogens with two attached hydrogens (primary N) is 2. The molecule has 1 heterocycles. The summed E-state index contributed by atoms with van der Waals surface area (Å²) in [5.41, 5.74) is 12.6.